The van der Waals surface area contributed by atoms with Crippen molar-refractivity contribution in [2.24, 2.45) is 0 Å². The third-order valence-electron chi connectivity index (χ3n) is 3.50. The van der Waals surface area contributed by atoms with Crippen LogP contribution in [0.2, 0.25) is 0 Å². The van der Waals surface area contributed by atoms with Crippen LogP contribution >= 0.6 is 27.7 Å². The zero-order valence-electron chi connectivity index (χ0n) is 12.9. The van der Waals surface area contributed by atoms with Crippen LogP contribution in [0.3, 0.4) is 0 Å². The van der Waals surface area contributed by atoms with Crippen molar-refractivity contribution in [2.45, 2.75) is 6.61 Å². The van der Waals surface area contributed by atoms with E-state index in [-0.39, 0.29) is 11.1 Å². The average molecular weight is 404 g/mol. The van der Waals surface area contributed by atoms with E-state index in [1.807, 2.05) is 48.5 Å². The molecule has 6 heteroatoms. The second-order valence-corrected chi connectivity index (χ2v) is 7.10. The zero-order valence-corrected chi connectivity index (χ0v) is 15.3. The fraction of sp³-hybridized carbons (Fsp3) is 0.111. The van der Waals surface area contributed by atoms with Gasteiger partial charge in [-0.15, -0.1) is 0 Å². The van der Waals surface area contributed by atoms with Gasteiger partial charge < -0.3 is 4.74 Å². The van der Waals surface area contributed by atoms with Gasteiger partial charge in [-0.1, -0.05) is 46.3 Å². The molecule has 1 fully saturated rings. The maximum Gasteiger partial charge on any atom is 0.293 e. The highest BCUT2D eigenvalue weighted by Gasteiger charge is 2.31. The highest BCUT2D eigenvalue weighted by Crippen LogP contribution is 2.33. The summed E-state index contributed by atoms with van der Waals surface area (Å²) >= 11 is 4.34. The second-order valence-electron chi connectivity index (χ2n) is 5.19. The first-order valence-electron chi connectivity index (χ1n) is 7.22. The number of likely N-dealkylation sites (N-methyl/N-ethyl adjacent to an activating group) is 1. The van der Waals surface area contributed by atoms with Crippen LogP contribution in [0.5, 0.6) is 5.75 Å². The van der Waals surface area contributed by atoms with E-state index in [4.69, 9.17) is 4.74 Å². The Hall–Kier alpha value is -2.05. The molecule has 2 aromatic carbocycles. The second kappa shape index (κ2) is 7.23. The fourth-order valence-corrected chi connectivity index (χ4v) is 3.24. The average Bonchev–Trinajstić information content (AvgIpc) is 2.82. The minimum atomic E-state index is -0.285. The van der Waals surface area contributed by atoms with E-state index in [0.29, 0.717) is 17.3 Å². The minimum Gasteiger partial charge on any atom is -0.488 e. The van der Waals surface area contributed by atoms with Crippen LogP contribution in [0.4, 0.5) is 4.79 Å². The molecule has 0 aromatic heterocycles. The molecule has 1 heterocycles. The van der Waals surface area contributed by atoms with E-state index >= 15 is 0 Å². The van der Waals surface area contributed by atoms with E-state index in [1.165, 1.54) is 7.05 Å². The van der Waals surface area contributed by atoms with Crippen molar-refractivity contribution < 1.29 is 14.3 Å². The van der Waals surface area contributed by atoms with Gasteiger partial charge in [0.15, 0.2) is 0 Å². The molecule has 1 saturated heterocycles. The molecule has 0 radical (unpaired) electrons. The lowest BCUT2D eigenvalue weighted by Crippen LogP contribution is -2.22. The summed E-state index contributed by atoms with van der Waals surface area (Å²) in [5, 5.41) is -0.264. The van der Waals surface area contributed by atoms with Gasteiger partial charge in [0.25, 0.3) is 11.1 Å². The van der Waals surface area contributed by atoms with E-state index in [9.17, 15) is 9.59 Å². The van der Waals surface area contributed by atoms with E-state index in [1.54, 1.807) is 6.08 Å². The van der Waals surface area contributed by atoms with Crippen LogP contribution < -0.4 is 4.74 Å². The molecule has 0 saturated carbocycles. The van der Waals surface area contributed by atoms with Crippen molar-refractivity contribution in [3.8, 4) is 5.75 Å². The molecule has 0 unspecified atom stereocenters. The summed E-state index contributed by atoms with van der Waals surface area (Å²) in [5.74, 6) is 0.385. The summed E-state index contributed by atoms with van der Waals surface area (Å²) < 4.78 is 6.90. The molecule has 24 heavy (non-hydrogen) atoms. The summed E-state index contributed by atoms with van der Waals surface area (Å²) in [6.45, 7) is 0.424. The lowest BCUT2D eigenvalue weighted by molar-refractivity contribution is -0.121. The van der Waals surface area contributed by atoms with Crippen LogP contribution in [-0.4, -0.2) is 23.1 Å². The first kappa shape index (κ1) is 16.8. The number of imide groups is 1. The Morgan fingerprint density at radius 2 is 1.83 bits per heavy atom. The Morgan fingerprint density at radius 1 is 1.12 bits per heavy atom. The number of hydrogen-bond donors (Lipinski definition) is 0. The number of carbonyl (C=O) groups excluding carboxylic acids is 2. The number of para-hydroxylation sites is 1. The maximum absolute atomic E-state index is 12.0. The molecule has 2 amide bonds. The van der Waals surface area contributed by atoms with Crippen LogP contribution in [0.15, 0.2) is 57.9 Å². The summed E-state index contributed by atoms with van der Waals surface area (Å²) in [5.41, 5.74) is 1.82. The first-order chi connectivity index (χ1) is 11.5. The standard InChI is InChI=1S/C18H14BrNO3S/c1-20-17(21)16(24-18(20)22)10-13-4-2-3-5-15(13)23-11-12-6-8-14(19)9-7-12/h2-10H,11H2,1H3. The molecule has 2 aromatic rings. The van der Waals surface area contributed by atoms with Crippen molar-refractivity contribution in [1.29, 1.82) is 0 Å². The van der Waals surface area contributed by atoms with Gasteiger partial charge in [0.05, 0.1) is 4.91 Å². The predicted molar refractivity (Wildman–Crippen MR) is 98.7 cm³/mol. The van der Waals surface area contributed by atoms with Gasteiger partial charge in [0, 0.05) is 17.1 Å². The normalized spacial score (nSPS) is 16.1. The summed E-state index contributed by atoms with van der Waals surface area (Å²) in [6, 6.07) is 15.3. The van der Waals surface area contributed by atoms with Crippen LogP contribution in [-0.2, 0) is 11.4 Å². The van der Waals surface area contributed by atoms with Gasteiger partial charge in [-0.2, -0.15) is 0 Å². The SMILES string of the molecule is CN1C(=O)SC(=Cc2ccccc2OCc2ccc(Br)cc2)C1=O. The Kier molecular flexibility index (Phi) is 5.06. The summed E-state index contributed by atoms with van der Waals surface area (Å²) in [4.78, 5) is 25.1. The first-order valence-corrected chi connectivity index (χ1v) is 8.83. The Bertz CT molecular complexity index is 817. The van der Waals surface area contributed by atoms with Crippen molar-refractivity contribution in [2.75, 3.05) is 7.05 Å². The third kappa shape index (κ3) is 3.71. The predicted octanol–water partition coefficient (Wildman–Crippen LogP) is 4.69. The lowest BCUT2D eigenvalue weighted by Gasteiger charge is -2.10. The highest BCUT2D eigenvalue weighted by atomic mass is 79.9. The molecule has 0 atom stereocenters. The largest absolute Gasteiger partial charge is 0.488 e. The van der Waals surface area contributed by atoms with Gasteiger partial charge >= 0.3 is 0 Å². The topological polar surface area (TPSA) is 46.6 Å². The molecule has 0 bridgehead atoms. The molecular formula is C18H14BrNO3S. The summed E-state index contributed by atoms with van der Waals surface area (Å²) in [6.07, 6.45) is 1.70. The van der Waals surface area contributed by atoms with Crippen LogP contribution in [0.1, 0.15) is 11.1 Å². The monoisotopic (exact) mass is 403 g/mol. The molecular weight excluding hydrogens is 390 g/mol. The van der Waals surface area contributed by atoms with Gasteiger partial charge in [0.2, 0.25) is 0 Å². The number of thioether (sulfide) groups is 1. The molecule has 0 aliphatic carbocycles. The van der Waals surface area contributed by atoms with E-state index in [0.717, 1.165) is 32.3 Å². The number of hydrogen-bond acceptors (Lipinski definition) is 4. The maximum atomic E-state index is 12.0. The lowest BCUT2D eigenvalue weighted by atomic mass is 10.2. The molecule has 1 aliphatic rings. The molecule has 3 rings (SSSR count). The highest BCUT2D eigenvalue weighted by molar-refractivity contribution is 9.10. The Morgan fingerprint density at radius 3 is 2.50 bits per heavy atom. The number of carbonyl (C=O) groups is 2. The third-order valence-corrected chi connectivity index (χ3v) is 4.99. The van der Waals surface area contributed by atoms with Crippen LogP contribution in [0, 0.1) is 0 Å². The smallest absolute Gasteiger partial charge is 0.293 e. The fourth-order valence-electron chi connectivity index (χ4n) is 2.16. The van der Waals surface area contributed by atoms with Gasteiger partial charge in [0.1, 0.15) is 12.4 Å². The van der Waals surface area contributed by atoms with E-state index < -0.39 is 0 Å². The molecule has 1 aliphatic heterocycles. The number of ether oxygens (including phenoxy) is 1. The number of benzene rings is 2. The molecule has 0 N–H and O–H groups in total. The minimum absolute atomic E-state index is 0.264. The van der Waals surface area contributed by atoms with Gasteiger partial charge in [-0.25, -0.2) is 0 Å². The zero-order chi connectivity index (χ0) is 17.1. The van der Waals surface area contributed by atoms with Crippen molar-refractivity contribution >= 4 is 44.9 Å². The quantitative estimate of drug-likeness (QED) is 0.694. The molecule has 4 nitrogen and oxygen atoms in total. The van der Waals surface area contributed by atoms with Gasteiger partial charge in [-0.3, -0.25) is 14.5 Å². The number of halogens is 1. The van der Waals surface area contributed by atoms with Crippen LogP contribution in [0.25, 0.3) is 6.08 Å². The Balaban J connectivity index is 1.79. The Labute approximate surface area is 152 Å². The van der Waals surface area contributed by atoms with E-state index in [2.05, 4.69) is 15.9 Å². The molecule has 0 spiro atoms. The number of rotatable bonds is 4. The van der Waals surface area contributed by atoms with Crippen molar-refractivity contribution in [3.05, 3.63) is 69.0 Å². The van der Waals surface area contributed by atoms with Crippen molar-refractivity contribution in [1.82, 2.24) is 4.90 Å². The van der Waals surface area contributed by atoms with Crippen molar-refractivity contribution in [3.63, 3.8) is 0 Å². The number of nitrogens with zero attached hydrogens (tertiary/aromatic N) is 1. The van der Waals surface area contributed by atoms with Gasteiger partial charge in [-0.05, 0) is 41.6 Å². The molecule has 122 valence electrons. The number of amides is 2. The summed E-state index contributed by atoms with van der Waals surface area (Å²) in [7, 11) is 1.48.